The molecule has 1 aromatic rings. The summed E-state index contributed by atoms with van der Waals surface area (Å²) in [5.74, 6) is 0.526. The molecule has 1 aromatic heterocycles. The molecule has 1 saturated heterocycles. The van der Waals surface area contributed by atoms with Gasteiger partial charge in [-0.3, -0.25) is 9.69 Å². The molecule has 0 spiro atoms. The first-order chi connectivity index (χ1) is 8.58. The molecule has 1 aliphatic rings. The normalized spacial score (nSPS) is 20.7. The number of nitrogens with two attached hydrogens (primary N) is 1. The van der Waals surface area contributed by atoms with Gasteiger partial charge >= 0.3 is 0 Å². The smallest absolute Gasteiger partial charge is 0.290 e. The lowest BCUT2D eigenvalue weighted by Crippen LogP contribution is -2.25. The predicted molar refractivity (Wildman–Crippen MR) is 65.8 cm³/mol. The summed E-state index contributed by atoms with van der Waals surface area (Å²) in [6, 6.07) is 0.143. The summed E-state index contributed by atoms with van der Waals surface area (Å²) >= 11 is 0. The van der Waals surface area contributed by atoms with E-state index in [1.165, 1.54) is 0 Å². The summed E-state index contributed by atoms with van der Waals surface area (Å²) < 4.78 is 5.14. The topological polar surface area (TPSA) is 85.3 Å². The number of hydrogen-bond acceptors (Lipinski definition) is 5. The second-order valence-electron chi connectivity index (χ2n) is 5.20. The summed E-state index contributed by atoms with van der Waals surface area (Å²) in [5, 5.41) is 3.60. The van der Waals surface area contributed by atoms with Gasteiger partial charge in [-0.1, -0.05) is 19.0 Å². The van der Waals surface area contributed by atoms with E-state index in [1.54, 1.807) is 0 Å². The zero-order chi connectivity index (χ0) is 13.1. The van der Waals surface area contributed by atoms with Gasteiger partial charge in [-0.15, -0.1) is 0 Å². The van der Waals surface area contributed by atoms with Gasteiger partial charge in [0, 0.05) is 0 Å². The molecule has 2 N–H and O–H groups in total. The van der Waals surface area contributed by atoms with Crippen LogP contribution in [0.5, 0.6) is 0 Å². The van der Waals surface area contributed by atoms with Gasteiger partial charge in [-0.05, 0) is 38.3 Å². The Labute approximate surface area is 107 Å². The van der Waals surface area contributed by atoms with Crippen LogP contribution in [0.1, 0.15) is 55.7 Å². The van der Waals surface area contributed by atoms with Gasteiger partial charge in [0.05, 0.1) is 6.04 Å². The highest BCUT2D eigenvalue weighted by Crippen LogP contribution is 2.31. The summed E-state index contributed by atoms with van der Waals surface area (Å²) in [6.45, 7) is 6.49. The van der Waals surface area contributed by atoms with Crippen molar-refractivity contribution in [2.24, 2.45) is 11.7 Å². The zero-order valence-corrected chi connectivity index (χ0v) is 10.9. The Bertz CT molecular complexity index is 416. The number of hydrogen-bond donors (Lipinski definition) is 1. The van der Waals surface area contributed by atoms with Crippen molar-refractivity contribution >= 4 is 5.91 Å². The number of aromatic nitrogens is 2. The molecule has 1 fully saturated rings. The van der Waals surface area contributed by atoms with Gasteiger partial charge < -0.3 is 10.3 Å². The Kier molecular flexibility index (Phi) is 3.96. The minimum atomic E-state index is -0.642. The molecule has 0 aliphatic carbocycles. The van der Waals surface area contributed by atoms with Crippen molar-refractivity contribution < 1.29 is 9.32 Å². The molecule has 0 saturated carbocycles. The molecule has 18 heavy (non-hydrogen) atoms. The van der Waals surface area contributed by atoms with Crippen LogP contribution in [0.2, 0.25) is 0 Å². The number of carbonyl (C=O) groups is 1. The summed E-state index contributed by atoms with van der Waals surface area (Å²) in [5.41, 5.74) is 5.12. The van der Waals surface area contributed by atoms with E-state index in [1.807, 2.05) is 0 Å². The molecule has 0 unspecified atom stereocenters. The highest BCUT2D eigenvalue weighted by Gasteiger charge is 2.30. The third-order valence-electron chi connectivity index (χ3n) is 3.30. The first-order valence-corrected chi connectivity index (χ1v) is 6.45. The third kappa shape index (κ3) is 2.87. The van der Waals surface area contributed by atoms with Crippen LogP contribution >= 0.6 is 0 Å². The predicted octanol–water partition coefficient (Wildman–Crippen LogP) is 1.35. The molecule has 2 rings (SSSR count). The van der Waals surface area contributed by atoms with Crippen LogP contribution in [0.3, 0.4) is 0 Å². The van der Waals surface area contributed by atoms with Crippen LogP contribution in [0.4, 0.5) is 0 Å². The Morgan fingerprint density at radius 1 is 1.61 bits per heavy atom. The third-order valence-corrected chi connectivity index (χ3v) is 3.30. The van der Waals surface area contributed by atoms with E-state index >= 15 is 0 Å². The number of nitrogens with zero attached hydrogens (tertiary/aromatic N) is 3. The van der Waals surface area contributed by atoms with E-state index in [-0.39, 0.29) is 11.9 Å². The number of carbonyl (C=O) groups excluding carboxylic acids is 1. The van der Waals surface area contributed by atoms with Gasteiger partial charge in [-0.2, -0.15) is 4.98 Å². The fourth-order valence-corrected chi connectivity index (χ4v) is 2.27. The first-order valence-electron chi connectivity index (χ1n) is 6.45. The van der Waals surface area contributed by atoms with E-state index in [2.05, 4.69) is 28.9 Å². The Morgan fingerprint density at radius 2 is 2.39 bits per heavy atom. The van der Waals surface area contributed by atoms with Crippen LogP contribution in [0.15, 0.2) is 4.52 Å². The maximum atomic E-state index is 10.9. The first kappa shape index (κ1) is 13.0. The van der Waals surface area contributed by atoms with Crippen molar-refractivity contribution in [2.75, 3.05) is 13.1 Å². The SMILES string of the molecule is CC(C)CCN1CCC[C@@H]1c1nc(C(N)=O)no1. The Balaban J connectivity index is 2.03. The van der Waals surface area contributed by atoms with Crippen LogP contribution in [0, 0.1) is 5.92 Å². The lowest BCUT2D eigenvalue weighted by molar-refractivity contribution is 0.0987. The average molecular weight is 252 g/mol. The molecule has 1 atom stereocenters. The molecule has 100 valence electrons. The highest BCUT2D eigenvalue weighted by atomic mass is 16.5. The van der Waals surface area contributed by atoms with Crippen LogP contribution < -0.4 is 5.73 Å². The number of rotatable bonds is 5. The van der Waals surface area contributed by atoms with E-state index in [4.69, 9.17) is 10.3 Å². The number of likely N-dealkylation sites (tertiary alicyclic amines) is 1. The van der Waals surface area contributed by atoms with E-state index < -0.39 is 5.91 Å². The molecular weight excluding hydrogens is 232 g/mol. The molecule has 6 nitrogen and oxygen atoms in total. The fraction of sp³-hybridized carbons (Fsp3) is 0.750. The monoisotopic (exact) mass is 252 g/mol. The van der Waals surface area contributed by atoms with Gasteiger partial charge in [0.25, 0.3) is 11.7 Å². The van der Waals surface area contributed by atoms with Crippen molar-refractivity contribution in [3.63, 3.8) is 0 Å². The molecular formula is C12H20N4O2. The van der Waals surface area contributed by atoms with Gasteiger partial charge in [0.2, 0.25) is 5.89 Å². The Morgan fingerprint density at radius 3 is 3.00 bits per heavy atom. The molecule has 0 radical (unpaired) electrons. The molecule has 1 amide bonds. The van der Waals surface area contributed by atoms with E-state index in [0.717, 1.165) is 32.4 Å². The quantitative estimate of drug-likeness (QED) is 0.855. The van der Waals surface area contributed by atoms with Crippen LogP contribution in [-0.4, -0.2) is 34.0 Å². The lowest BCUT2D eigenvalue weighted by atomic mass is 10.1. The summed E-state index contributed by atoms with van der Waals surface area (Å²) in [4.78, 5) is 17.4. The maximum Gasteiger partial charge on any atom is 0.290 e. The maximum absolute atomic E-state index is 10.9. The molecule has 1 aliphatic heterocycles. The highest BCUT2D eigenvalue weighted by molar-refractivity contribution is 5.88. The molecule has 6 heteroatoms. The van der Waals surface area contributed by atoms with E-state index in [0.29, 0.717) is 11.8 Å². The van der Waals surface area contributed by atoms with Crippen LogP contribution in [0.25, 0.3) is 0 Å². The van der Waals surface area contributed by atoms with Gasteiger partial charge in [0.1, 0.15) is 0 Å². The second-order valence-corrected chi connectivity index (χ2v) is 5.20. The molecule has 0 bridgehead atoms. The van der Waals surface area contributed by atoms with Crippen molar-refractivity contribution in [3.05, 3.63) is 11.7 Å². The van der Waals surface area contributed by atoms with Crippen molar-refractivity contribution in [3.8, 4) is 0 Å². The summed E-state index contributed by atoms with van der Waals surface area (Å²) in [6.07, 6.45) is 3.27. The zero-order valence-electron chi connectivity index (χ0n) is 10.9. The molecule has 2 heterocycles. The number of primary amides is 1. The van der Waals surface area contributed by atoms with Gasteiger partial charge in [-0.25, -0.2) is 0 Å². The van der Waals surface area contributed by atoms with Gasteiger partial charge in [0.15, 0.2) is 0 Å². The number of amides is 1. The minimum absolute atomic E-state index is 0.0271. The summed E-state index contributed by atoms with van der Waals surface area (Å²) in [7, 11) is 0. The second kappa shape index (κ2) is 5.48. The molecule has 0 aromatic carbocycles. The fourth-order valence-electron chi connectivity index (χ4n) is 2.27. The van der Waals surface area contributed by atoms with Crippen LogP contribution in [-0.2, 0) is 0 Å². The largest absolute Gasteiger partial charge is 0.363 e. The van der Waals surface area contributed by atoms with E-state index in [9.17, 15) is 4.79 Å². The standard InChI is InChI=1S/C12H20N4O2/c1-8(2)5-7-16-6-3-4-9(16)12-14-11(10(13)17)15-18-12/h8-9H,3-7H2,1-2H3,(H2,13,17)/t9-/m1/s1. The lowest BCUT2D eigenvalue weighted by Gasteiger charge is -2.22. The average Bonchev–Trinajstić information content (AvgIpc) is 2.94. The minimum Gasteiger partial charge on any atom is -0.363 e. The van der Waals surface area contributed by atoms with Crippen molar-refractivity contribution in [2.45, 2.75) is 39.2 Å². The van der Waals surface area contributed by atoms with Crippen molar-refractivity contribution in [1.82, 2.24) is 15.0 Å². The van der Waals surface area contributed by atoms with Crippen molar-refractivity contribution in [1.29, 1.82) is 0 Å². The Hall–Kier alpha value is -1.43.